The summed E-state index contributed by atoms with van der Waals surface area (Å²) in [6.45, 7) is 6.65. The highest BCUT2D eigenvalue weighted by Gasteiger charge is 2.24. The minimum absolute atomic E-state index is 0.134. The van der Waals surface area contributed by atoms with Crippen molar-refractivity contribution >= 4 is 23.4 Å². The summed E-state index contributed by atoms with van der Waals surface area (Å²) in [7, 11) is 1.88. The quantitative estimate of drug-likeness (QED) is 0.584. The number of hydrogen-bond donors (Lipinski definition) is 2. The van der Waals surface area contributed by atoms with Crippen LogP contribution in [0.4, 0.5) is 11.6 Å². The molecule has 1 aromatic rings. The van der Waals surface area contributed by atoms with Crippen LogP contribution in [0.5, 0.6) is 0 Å². The minimum Gasteiger partial charge on any atom is -0.373 e. The van der Waals surface area contributed by atoms with Gasteiger partial charge in [-0.2, -0.15) is 0 Å². The third-order valence-electron chi connectivity index (χ3n) is 3.57. The Bertz CT molecular complexity index is 347. The van der Waals surface area contributed by atoms with Gasteiger partial charge in [0, 0.05) is 18.7 Å². The number of aromatic nitrogens is 2. The van der Waals surface area contributed by atoms with E-state index < -0.39 is 0 Å². The maximum absolute atomic E-state index is 4.53. The van der Waals surface area contributed by atoms with Crippen molar-refractivity contribution < 1.29 is 0 Å². The molecule has 0 radical (unpaired) electrons. The first-order valence-electron chi connectivity index (χ1n) is 6.52. The lowest BCUT2D eigenvalue weighted by atomic mass is 9.90. The molecule has 0 aliphatic rings. The SMILES string of the molecule is CCC(CC)(CC)Nc1cc(NC)nc(SC)n1. The van der Waals surface area contributed by atoms with Crippen LogP contribution >= 0.6 is 11.8 Å². The molecule has 0 aliphatic carbocycles. The Hall–Kier alpha value is -0.970. The standard InChI is InChI=1S/C13H24N4S/c1-6-13(7-2,8-3)17-11-9-10(14-4)15-12(16-11)18-5/h9H,6-8H2,1-5H3,(H2,14,15,16,17). The first-order valence-corrected chi connectivity index (χ1v) is 7.74. The van der Waals surface area contributed by atoms with Crippen LogP contribution in [0, 0.1) is 0 Å². The van der Waals surface area contributed by atoms with Gasteiger partial charge in [0.25, 0.3) is 0 Å². The van der Waals surface area contributed by atoms with Crippen molar-refractivity contribution in [1.29, 1.82) is 0 Å². The van der Waals surface area contributed by atoms with Gasteiger partial charge in [0.2, 0.25) is 0 Å². The highest BCUT2D eigenvalue weighted by atomic mass is 32.2. The Labute approximate surface area is 114 Å². The van der Waals surface area contributed by atoms with Crippen molar-refractivity contribution in [3.05, 3.63) is 6.07 Å². The average molecular weight is 268 g/mol. The van der Waals surface area contributed by atoms with E-state index in [9.17, 15) is 0 Å². The van der Waals surface area contributed by atoms with Gasteiger partial charge in [0.1, 0.15) is 11.6 Å². The van der Waals surface area contributed by atoms with Crippen molar-refractivity contribution in [2.45, 2.75) is 50.7 Å². The van der Waals surface area contributed by atoms with E-state index in [1.165, 1.54) is 0 Å². The van der Waals surface area contributed by atoms with E-state index in [1.54, 1.807) is 11.8 Å². The van der Waals surface area contributed by atoms with Crippen LogP contribution in [-0.4, -0.2) is 28.8 Å². The van der Waals surface area contributed by atoms with Crippen LogP contribution < -0.4 is 10.6 Å². The lowest BCUT2D eigenvalue weighted by molar-refractivity contribution is 0.418. The third kappa shape index (κ3) is 3.51. The predicted octanol–water partition coefficient (Wildman–Crippen LogP) is 3.62. The Morgan fingerprint density at radius 3 is 2.11 bits per heavy atom. The molecule has 0 atom stereocenters. The van der Waals surface area contributed by atoms with Crippen molar-refractivity contribution in [2.24, 2.45) is 0 Å². The van der Waals surface area contributed by atoms with Crippen LogP contribution in [0.3, 0.4) is 0 Å². The molecule has 18 heavy (non-hydrogen) atoms. The van der Waals surface area contributed by atoms with Crippen LogP contribution in [0.15, 0.2) is 11.2 Å². The molecule has 4 nitrogen and oxygen atoms in total. The van der Waals surface area contributed by atoms with E-state index in [4.69, 9.17) is 0 Å². The molecule has 0 amide bonds. The maximum atomic E-state index is 4.53. The Balaban J connectivity index is 3.01. The molecule has 0 unspecified atom stereocenters. The zero-order valence-electron chi connectivity index (χ0n) is 12.0. The van der Waals surface area contributed by atoms with Gasteiger partial charge in [-0.3, -0.25) is 0 Å². The molecule has 102 valence electrons. The predicted molar refractivity (Wildman–Crippen MR) is 80.6 cm³/mol. The Kier molecular flexibility index (Phi) is 5.72. The second-order valence-electron chi connectivity index (χ2n) is 4.34. The normalized spacial score (nSPS) is 11.4. The molecule has 0 aromatic carbocycles. The molecule has 1 heterocycles. The lowest BCUT2D eigenvalue weighted by Gasteiger charge is -2.32. The highest BCUT2D eigenvalue weighted by Crippen LogP contribution is 2.26. The molecule has 0 fully saturated rings. The number of nitrogens with zero attached hydrogens (tertiary/aromatic N) is 2. The van der Waals surface area contributed by atoms with Gasteiger partial charge in [-0.1, -0.05) is 32.5 Å². The van der Waals surface area contributed by atoms with E-state index >= 15 is 0 Å². The second-order valence-corrected chi connectivity index (χ2v) is 5.11. The highest BCUT2D eigenvalue weighted by molar-refractivity contribution is 7.98. The van der Waals surface area contributed by atoms with Gasteiger partial charge >= 0.3 is 0 Å². The van der Waals surface area contributed by atoms with Gasteiger partial charge in [-0.25, -0.2) is 9.97 Å². The van der Waals surface area contributed by atoms with Crippen molar-refractivity contribution in [3.63, 3.8) is 0 Å². The van der Waals surface area contributed by atoms with Crippen molar-refractivity contribution in [1.82, 2.24) is 9.97 Å². The molecular formula is C13H24N4S. The number of thioether (sulfide) groups is 1. The molecule has 1 aromatic heterocycles. The summed E-state index contributed by atoms with van der Waals surface area (Å²) >= 11 is 1.56. The molecular weight excluding hydrogens is 244 g/mol. The Morgan fingerprint density at radius 2 is 1.67 bits per heavy atom. The summed E-state index contributed by atoms with van der Waals surface area (Å²) in [6.07, 6.45) is 5.26. The molecule has 2 N–H and O–H groups in total. The summed E-state index contributed by atoms with van der Waals surface area (Å²) < 4.78 is 0. The summed E-state index contributed by atoms with van der Waals surface area (Å²) in [5.74, 6) is 1.76. The smallest absolute Gasteiger partial charge is 0.191 e. The van der Waals surface area contributed by atoms with E-state index in [0.29, 0.717) is 0 Å². The largest absolute Gasteiger partial charge is 0.373 e. The fourth-order valence-corrected chi connectivity index (χ4v) is 2.37. The van der Waals surface area contributed by atoms with Crippen LogP contribution in [-0.2, 0) is 0 Å². The van der Waals surface area contributed by atoms with Gasteiger partial charge < -0.3 is 10.6 Å². The first-order chi connectivity index (χ1) is 8.62. The molecule has 0 saturated heterocycles. The Morgan fingerprint density at radius 1 is 1.11 bits per heavy atom. The molecule has 0 aliphatic heterocycles. The molecule has 0 spiro atoms. The van der Waals surface area contributed by atoms with Gasteiger partial charge in [0.05, 0.1) is 0 Å². The molecule has 0 saturated carbocycles. The van der Waals surface area contributed by atoms with Crippen molar-refractivity contribution in [3.8, 4) is 0 Å². The summed E-state index contributed by atoms with van der Waals surface area (Å²) in [6, 6.07) is 1.97. The van der Waals surface area contributed by atoms with Crippen molar-refractivity contribution in [2.75, 3.05) is 23.9 Å². The minimum atomic E-state index is 0.134. The number of rotatable bonds is 7. The summed E-state index contributed by atoms with van der Waals surface area (Å²) in [4.78, 5) is 8.91. The van der Waals surface area contributed by atoms with Gasteiger partial charge in [-0.05, 0) is 25.5 Å². The maximum Gasteiger partial charge on any atom is 0.191 e. The van der Waals surface area contributed by atoms with E-state index in [0.717, 1.165) is 36.1 Å². The molecule has 1 rings (SSSR count). The number of hydrogen-bond acceptors (Lipinski definition) is 5. The number of anilines is 2. The lowest BCUT2D eigenvalue weighted by Crippen LogP contribution is -2.36. The zero-order chi connectivity index (χ0) is 13.6. The van der Waals surface area contributed by atoms with E-state index in [1.807, 2.05) is 19.4 Å². The second kappa shape index (κ2) is 6.83. The van der Waals surface area contributed by atoms with Crippen LogP contribution in [0.2, 0.25) is 0 Å². The summed E-state index contributed by atoms with van der Waals surface area (Å²) in [5.41, 5.74) is 0.134. The zero-order valence-corrected chi connectivity index (χ0v) is 12.8. The van der Waals surface area contributed by atoms with E-state index in [2.05, 4.69) is 41.4 Å². The number of nitrogens with one attached hydrogen (secondary N) is 2. The van der Waals surface area contributed by atoms with Crippen LogP contribution in [0.1, 0.15) is 40.0 Å². The van der Waals surface area contributed by atoms with Gasteiger partial charge in [0.15, 0.2) is 5.16 Å². The third-order valence-corrected chi connectivity index (χ3v) is 4.12. The molecule has 0 bridgehead atoms. The fourth-order valence-electron chi connectivity index (χ4n) is 2.00. The van der Waals surface area contributed by atoms with Gasteiger partial charge in [-0.15, -0.1) is 0 Å². The fraction of sp³-hybridized carbons (Fsp3) is 0.692. The average Bonchev–Trinajstić information content (AvgIpc) is 2.44. The molecule has 5 heteroatoms. The van der Waals surface area contributed by atoms with E-state index in [-0.39, 0.29) is 5.54 Å². The summed E-state index contributed by atoms with van der Waals surface area (Å²) in [5, 5.41) is 7.46. The van der Waals surface area contributed by atoms with Crippen LogP contribution in [0.25, 0.3) is 0 Å². The topological polar surface area (TPSA) is 49.8 Å². The first kappa shape index (κ1) is 15.1. The monoisotopic (exact) mass is 268 g/mol.